The van der Waals surface area contributed by atoms with Crippen molar-refractivity contribution in [1.82, 2.24) is 5.32 Å². The number of ether oxygens (including phenoxy) is 1. The Balaban J connectivity index is 1.69. The topological polar surface area (TPSA) is 21.3 Å². The van der Waals surface area contributed by atoms with Gasteiger partial charge in [-0.2, -0.15) is 0 Å². The van der Waals surface area contributed by atoms with Crippen LogP contribution in [0.4, 0.5) is 0 Å². The van der Waals surface area contributed by atoms with Gasteiger partial charge in [-0.15, -0.1) is 22.7 Å². The molecule has 1 fully saturated rings. The molecule has 3 heterocycles. The van der Waals surface area contributed by atoms with Crippen LogP contribution in [0.2, 0.25) is 4.34 Å². The second-order valence-corrected chi connectivity index (χ2v) is 7.78. The van der Waals surface area contributed by atoms with Crippen molar-refractivity contribution in [3.63, 3.8) is 0 Å². The van der Waals surface area contributed by atoms with Gasteiger partial charge < -0.3 is 10.1 Å². The predicted molar refractivity (Wildman–Crippen MR) is 87.0 cm³/mol. The third-order valence-corrected chi connectivity index (χ3v) is 5.89. The van der Waals surface area contributed by atoms with E-state index in [9.17, 15) is 0 Å². The summed E-state index contributed by atoms with van der Waals surface area (Å²) in [5.74, 6) is 0.724. The maximum absolute atomic E-state index is 6.09. The van der Waals surface area contributed by atoms with Crippen LogP contribution in [0, 0.1) is 5.92 Å². The van der Waals surface area contributed by atoms with Crippen molar-refractivity contribution in [3.05, 3.63) is 43.7 Å². The summed E-state index contributed by atoms with van der Waals surface area (Å²) in [6.45, 7) is 2.85. The summed E-state index contributed by atoms with van der Waals surface area (Å²) in [7, 11) is 0. The summed E-state index contributed by atoms with van der Waals surface area (Å²) in [5, 5.41) is 5.86. The molecule has 1 aliphatic heterocycles. The van der Waals surface area contributed by atoms with Gasteiger partial charge in [0.1, 0.15) is 0 Å². The van der Waals surface area contributed by atoms with Gasteiger partial charge in [-0.05, 0) is 48.9 Å². The summed E-state index contributed by atoms with van der Waals surface area (Å²) in [5.41, 5.74) is 0. The van der Waals surface area contributed by atoms with Crippen molar-refractivity contribution in [3.8, 4) is 0 Å². The van der Waals surface area contributed by atoms with Crippen LogP contribution in [0.25, 0.3) is 0 Å². The standard InChI is InChI=1S/C15H18ClNOS2/c16-14-4-3-13(20-14)15(12-2-1-9-19-12)17-10-11-5-7-18-8-6-11/h1-4,9,11,15,17H,5-8,10H2. The van der Waals surface area contributed by atoms with E-state index in [1.165, 1.54) is 9.75 Å². The fraction of sp³-hybridized carbons (Fsp3) is 0.467. The number of hydrogen-bond acceptors (Lipinski definition) is 4. The maximum atomic E-state index is 6.09. The number of nitrogens with one attached hydrogen (secondary N) is 1. The SMILES string of the molecule is Clc1ccc(C(NCC2CCOCC2)c2cccs2)s1. The van der Waals surface area contributed by atoms with Crippen LogP contribution in [-0.4, -0.2) is 19.8 Å². The third-order valence-electron chi connectivity index (χ3n) is 3.66. The van der Waals surface area contributed by atoms with E-state index >= 15 is 0 Å². The van der Waals surface area contributed by atoms with Crippen molar-refractivity contribution >= 4 is 34.3 Å². The van der Waals surface area contributed by atoms with Crippen LogP contribution < -0.4 is 5.32 Å². The predicted octanol–water partition coefficient (Wildman–Crippen LogP) is 4.57. The first-order valence-electron chi connectivity index (χ1n) is 6.92. The van der Waals surface area contributed by atoms with E-state index in [4.69, 9.17) is 16.3 Å². The summed E-state index contributed by atoms with van der Waals surface area (Å²) in [6, 6.07) is 8.70. The lowest BCUT2D eigenvalue weighted by Gasteiger charge is -2.25. The molecule has 0 radical (unpaired) electrons. The average Bonchev–Trinajstić information content (AvgIpc) is 3.13. The largest absolute Gasteiger partial charge is 0.381 e. The smallest absolute Gasteiger partial charge is 0.0931 e. The minimum absolute atomic E-state index is 0.273. The Morgan fingerprint density at radius 3 is 2.75 bits per heavy atom. The molecule has 0 aliphatic carbocycles. The average molecular weight is 328 g/mol. The fourth-order valence-electron chi connectivity index (χ4n) is 2.52. The molecule has 0 amide bonds. The lowest BCUT2D eigenvalue weighted by Crippen LogP contribution is -2.30. The molecule has 0 spiro atoms. The van der Waals surface area contributed by atoms with Crippen LogP contribution in [0.5, 0.6) is 0 Å². The summed E-state index contributed by atoms with van der Waals surface area (Å²) < 4.78 is 6.28. The molecule has 2 nitrogen and oxygen atoms in total. The summed E-state index contributed by atoms with van der Waals surface area (Å²) in [4.78, 5) is 2.65. The van der Waals surface area contributed by atoms with Crippen molar-refractivity contribution in [2.45, 2.75) is 18.9 Å². The molecule has 2 aromatic heterocycles. The van der Waals surface area contributed by atoms with E-state index in [1.54, 1.807) is 22.7 Å². The molecular weight excluding hydrogens is 310 g/mol. The molecule has 1 aliphatic rings. The molecule has 5 heteroatoms. The highest BCUT2D eigenvalue weighted by atomic mass is 35.5. The molecular formula is C15H18ClNOS2. The van der Waals surface area contributed by atoms with Crippen molar-refractivity contribution < 1.29 is 4.74 Å². The lowest BCUT2D eigenvalue weighted by atomic mass is 10.00. The highest BCUT2D eigenvalue weighted by Crippen LogP contribution is 2.33. The summed E-state index contributed by atoms with van der Waals surface area (Å²) in [6.07, 6.45) is 2.32. The van der Waals surface area contributed by atoms with Gasteiger partial charge in [0.15, 0.2) is 0 Å². The maximum Gasteiger partial charge on any atom is 0.0931 e. The zero-order valence-electron chi connectivity index (χ0n) is 11.2. The van der Waals surface area contributed by atoms with Gasteiger partial charge in [-0.1, -0.05) is 17.7 Å². The van der Waals surface area contributed by atoms with Crippen LogP contribution in [0.1, 0.15) is 28.6 Å². The van der Waals surface area contributed by atoms with Gasteiger partial charge in [-0.3, -0.25) is 0 Å². The Labute approximate surface area is 132 Å². The highest BCUT2D eigenvalue weighted by molar-refractivity contribution is 7.16. The van der Waals surface area contributed by atoms with Crippen molar-refractivity contribution in [1.29, 1.82) is 0 Å². The Kier molecular flexibility index (Phi) is 5.13. The van der Waals surface area contributed by atoms with Crippen molar-refractivity contribution in [2.75, 3.05) is 19.8 Å². The Hall–Kier alpha value is -0.390. The zero-order valence-corrected chi connectivity index (χ0v) is 13.6. The molecule has 20 heavy (non-hydrogen) atoms. The summed E-state index contributed by atoms with van der Waals surface area (Å²) >= 11 is 9.56. The molecule has 1 N–H and O–H groups in total. The Bertz CT molecular complexity index is 520. The molecule has 1 unspecified atom stereocenters. The minimum Gasteiger partial charge on any atom is -0.381 e. The van der Waals surface area contributed by atoms with Gasteiger partial charge in [0, 0.05) is 23.0 Å². The van der Waals surface area contributed by atoms with E-state index in [0.29, 0.717) is 0 Å². The Morgan fingerprint density at radius 1 is 1.25 bits per heavy atom. The third kappa shape index (κ3) is 3.62. The number of halogens is 1. The molecule has 0 saturated carbocycles. The minimum atomic E-state index is 0.273. The van der Waals surface area contributed by atoms with Crippen LogP contribution in [0.3, 0.4) is 0 Å². The van der Waals surface area contributed by atoms with E-state index in [-0.39, 0.29) is 6.04 Å². The molecule has 0 aromatic carbocycles. The van der Waals surface area contributed by atoms with Gasteiger partial charge in [0.25, 0.3) is 0 Å². The van der Waals surface area contributed by atoms with Crippen LogP contribution >= 0.6 is 34.3 Å². The molecule has 0 bridgehead atoms. The first-order chi connectivity index (χ1) is 9.83. The van der Waals surface area contributed by atoms with Gasteiger partial charge in [-0.25, -0.2) is 0 Å². The molecule has 108 valence electrons. The van der Waals surface area contributed by atoms with Crippen LogP contribution in [0.15, 0.2) is 29.6 Å². The Morgan fingerprint density at radius 2 is 2.10 bits per heavy atom. The molecule has 1 saturated heterocycles. The van der Waals surface area contributed by atoms with Crippen molar-refractivity contribution in [2.24, 2.45) is 5.92 Å². The second kappa shape index (κ2) is 7.05. The van der Waals surface area contributed by atoms with Gasteiger partial charge in [0.05, 0.1) is 10.4 Å². The van der Waals surface area contributed by atoms with E-state index in [1.807, 2.05) is 6.07 Å². The monoisotopic (exact) mass is 327 g/mol. The van der Waals surface area contributed by atoms with Crippen LogP contribution in [-0.2, 0) is 4.74 Å². The quantitative estimate of drug-likeness (QED) is 0.868. The normalized spacial score (nSPS) is 18.2. The molecule has 3 rings (SSSR count). The lowest BCUT2D eigenvalue weighted by molar-refractivity contribution is 0.0658. The zero-order chi connectivity index (χ0) is 13.8. The number of hydrogen-bond donors (Lipinski definition) is 1. The van der Waals surface area contributed by atoms with Gasteiger partial charge >= 0.3 is 0 Å². The first kappa shape index (κ1) is 14.5. The fourth-order valence-corrected chi connectivity index (χ4v) is 4.56. The van der Waals surface area contributed by atoms with E-state index < -0.39 is 0 Å². The van der Waals surface area contributed by atoms with E-state index in [0.717, 1.165) is 42.9 Å². The number of rotatable bonds is 5. The second-order valence-electron chi connectivity index (χ2n) is 5.05. The number of thiophene rings is 2. The first-order valence-corrected chi connectivity index (χ1v) is 9.00. The molecule has 2 aromatic rings. The molecule has 1 atom stereocenters. The van der Waals surface area contributed by atoms with Gasteiger partial charge in [0.2, 0.25) is 0 Å². The highest BCUT2D eigenvalue weighted by Gasteiger charge is 2.20. The van der Waals surface area contributed by atoms with E-state index in [2.05, 4.69) is 28.9 Å².